The molecule has 0 aliphatic heterocycles. The Hall–Kier alpha value is -0.600. The largest absolute Gasteiger partial charge is 0.312 e. The summed E-state index contributed by atoms with van der Waals surface area (Å²) < 4.78 is 0.534. The summed E-state index contributed by atoms with van der Waals surface area (Å²) in [5, 5.41) is 1.79. The fourth-order valence-electron chi connectivity index (χ4n) is 0.976. The molecule has 2 aromatic rings. The Morgan fingerprint density at radius 3 is 2.94 bits per heavy atom. The van der Waals surface area contributed by atoms with Crippen LogP contribution in [0.2, 0.25) is 5.02 Å². The molecule has 0 aromatic carbocycles. The summed E-state index contributed by atoms with van der Waals surface area (Å²) >= 11 is 9.19. The third-order valence-electron chi connectivity index (χ3n) is 1.68. The summed E-state index contributed by atoms with van der Waals surface area (Å²) in [7, 11) is 0. The predicted molar refractivity (Wildman–Crippen MR) is 70.9 cm³/mol. The number of nitrogens with zero attached hydrogens (tertiary/aromatic N) is 2. The molecule has 1 N–H and O–H groups in total. The predicted octanol–water partition coefficient (Wildman–Crippen LogP) is 2.57. The van der Waals surface area contributed by atoms with Crippen molar-refractivity contribution in [3.63, 3.8) is 0 Å². The van der Waals surface area contributed by atoms with Crippen molar-refractivity contribution in [3.8, 4) is 0 Å². The lowest BCUT2D eigenvalue weighted by Crippen LogP contribution is -2.11. The van der Waals surface area contributed by atoms with Crippen LogP contribution in [-0.2, 0) is 0 Å². The van der Waals surface area contributed by atoms with Crippen molar-refractivity contribution in [1.82, 2.24) is 15.0 Å². The van der Waals surface area contributed by atoms with E-state index in [1.165, 1.54) is 18.1 Å². The van der Waals surface area contributed by atoms with E-state index < -0.39 is 0 Å². The van der Waals surface area contributed by atoms with Crippen molar-refractivity contribution >= 4 is 46.0 Å². The Morgan fingerprint density at radius 1 is 1.38 bits per heavy atom. The van der Waals surface area contributed by atoms with Gasteiger partial charge in [-0.05, 0) is 46.5 Å². The van der Waals surface area contributed by atoms with E-state index >= 15 is 0 Å². The molecule has 0 amide bonds. The van der Waals surface area contributed by atoms with Crippen LogP contribution in [0, 0.1) is 3.57 Å². The Balaban J connectivity index is 2.38. The van der Waals surface area contributed by atoms with E-state index in [1.807, 2.05) is 22.6 Å². The second-order valence-electron chi connectivity index (χ2n) is 2.74. The molecule has 0 bridgehead atoms. The maximum atomic E-state index is 11.3. The Morgan fingerprint density at radius 2 is 2.19 bits per heavy atom. The van der Waals surface area contributed by atoms with Gasteiger partial charge >= 0.3 is 0 Å². The summed E-state index contributed by atoms with van der Waals surface area (Å²) in [5.41, 5.74) is -0.162. The molecule has 4 nitrogen and oxygen atoms in total. The van der Waals surface area contributed by atoms with Crippen molar-refractivity contribution in [2.24, 2.45) is 0 Å². The zero-order valence-corrected chi connectivity index (χ0v) is 11.5. The van der Waals surface area contributed by atoms with Gasteiger partial charge in [0, 0.05) is 6.20 Å². The number of halogens is 2. The van der Waals surface area contributed by atoms with Crippen LogP contribution in [0.3, 0.4) is 0 Å². The van der Waals surface area contributed by atoms with Crippen molar-refractivity contribution in [3.05, 3.63) is 43.6 Å². The standard InChI is InChI=1S/C9H5ClIN3OS/c10-5-2-1-3-12-8(5)16-9-6(11)7(15)13-4-14-9/h1-4H,(H,13,14,15). The van der Waals surface area contributed by atoms with Crippen LogP contribution in [0.4, 0.5) is 0 Å². The molecule has 7 heteroatoms. The Bertz CT molecular complexity index is 575. The minimum Gasteiger partial charge on any atom is -0.312 e. The number of rotatable bonds is 2. The molecule has 82 valence electrons. The Labute approximate surface area is 114 Å². The molecule has 0 spiro atoms. The van der Waals surface area contributed by atoms with E-state index in [2.05, 4.69) is 15.0 Å². The molecule has 0 aliphatic rings. The van der Waals surface area contributed by atoms with Crippen LogP contribution in [0.5, 0.6) is 0 Å². The maximum Gasteiger partial charge on any atom is 0.265 e. The number of aromatic nitrogens is 3. The molecule has 0 saturated heterocycles. The molecule has 2 rings (SSSR count). The van der Waals surface area contributed by atoms with Crippen molar-refractivity contribution < 1.29 is 0 Å². The molecule has 0 saturated carbocycles. The van der Waals surface area contributed by atoms with Crippen LogP contribution in [0.25, 0.3) is 0 Å². The minimum absolute atomic E-state index is 0.162. The van der Waals surface area contributed by atoms with E-state index in [-0.39, 0.29) is 5.56 Å². The van der Waals surface area contributed by atoms with Crippen LogP contribution in [0.1, 0.15) is 0 Å². The fourth-order valence-corrected chi connectivity index (χ4v) is 2.59. The zero-order chi connectivity index (χ0) is 11.5. The third kappa shape index (κ3) is 2.55. The van der Waals surface area contributed by atoms with E-state index in [4.69, 9.17) is 11.6 Å². The normalized spacial score (nSPS) is 10.4. The van der Waals surface area contributed by atoms with Gasteiger partial charge in [0.05, 0.1) is 11.3 Å². The van der Waals surface area contributed by atoms with Crippen LogP contribution < -0.4 is 5.56 Å². The molecule has 0 fully saturated rings. The first-order valence-corrected chi connectivity index (χ1v) is 6.47. The van der Waals surface area contributed by atoms with Gasteiger partial charge in [0.2, 0.25) is 0 Å². The molecule has 2 heterocycles. The second-order valence-corrected chi connectivity index (χ2v) is 5.21. The minimum atomic E-state index is -0.162. The maximum absolute atomic E-state index is 11.3. The number of hydrogen-bond donors (Lipinski definition) is 1. The van der Waals surface area contributed by atoms with Crippen LogP contribution >= 0.6 is 46.0 Å². The average Bonchev–Trinajstić information content (AvgIpc) is 2.28. The van der Waals surface area contributed by atoms with Gasteiger partial charge in [0.25, 0.3) is 5.56 Å². The summed E-state index contributed by atoms with van der Waals surface area (Å²) in [6, 6.07) is 3.50. The molecule has 0 unspecified atom stereocenters. The first-order valence-electron chi connectivity index (χ1n) is 4.20. The molecular weight excluding hydrogens is 361 g/mol. The van der Waals surface area contributed by atoms with Crippen molar-refractivity contribution in [1.29, 1.82) is 0 Å². The average molecular weight is 366 g/mol. The van der Waals surface area contributed by atoms with Gasteiger partial charge in [-0.3, -0.25) is 4.79 Å². The topological polar surface area (TPSA) is 58.6 Å². The van der Waals surface area contributed by atoms with Gasteiger partial charge in [0.1, 0.15) is 13.6 Å². The van der Waals surface area contributed by atoms with Gasteiger partial charge in [-0.1, -0.05) is 11.6 Å². The zero-order valence-electron chi connectivity index (χ0n) is 7.78. The first-order chi connectivity index (χ1) is 7.68. The van der Waals surface area contributed by atoms with E-state index in [1.54, 1.807) is 18.3 Å². The number of nitrogens with one attached hydrogen (secondary N) is 1. The van der Waals surface area contributed by atoms with Gasteiger partial charge in [-0.2, -0.15) is 0 Å². The first kappa shape index (κ1) is 11.9. The fraction of sp³-hybridized carbons (Fsp3) is 0. The SMILES string of the molecule is O=c1[nH]cnc(Sc2ncccc2Cl)c1I. The highest BCUT2D eigenvalue weighted by atomic mass is 127. The molecule has 2 aromatic heterocycles. The highest BCUT2D eigenvalue weighted by Crippen LogP contribution is 2.30. The number of hydrogen-bond acceptors (Lipinski definition) is 4. The number of pyridine rings is 1. The highest BCUT2D eigenvalue weighted by molar-refractivity contribution is 14.1. The summed E-state index contributed by atoms with van der Waals surface area (Å²) in [6.07, 6.45) is 3.01. The van der Waals surface area contributed by atoms with E-state index in [0.717, 1.165) is 0 Å². The monoisotopic (exact) mass is 365 g/mol. The molecule has 16 heavy (non-hydrogen) atoms. The van der Waals surface area contributed by atoms with E-state index in [0.29, 0.717) is 18.6 Å². The quantitative estimate of drug-likeness (QED) is 0.656. The van der Waals surface area contributed by atoms with Gasteiger partial charge < -0.3 is 4.98 Å². The lowest BCUT2D eigenvalue weighted by atomic mass is 10.5. The lowest BCUT2D eigenvalue weighted by Gasteiger charge is -2.02. The smallest absolute Gasteiger partial charge is 0.265 e. The van der Waals surface area contributed by atoms with Crippen LogP contribution in [-0.4, -0.2) is 15.0 Å². The summed E-state index contributed by atoms with van der Waals surface area (Å²) in [4.78, 5) is 22.0. The van der Waals surface area contributed by atoms with E-state index in [9.17, 15) is 4.79 Å². The third-order valence-corrected chi connectivity index (χ3v) is 4.49. The molecule has 0 atom stereocenters. The summed E-state index contributed by atoms with van der Waals surface area (Å²) in [5.74, 6) is 0. The second kappa shape index (κ2) is 5.15. The van der Waals surface area contributed by atoms with Crippen LogP contribution in [0.15, 0.2) is 39.5 Å². The van der Waals surface area contributed by atoms with Gasteiger partial charge in [-0.15, -0.1) is 0 Å². The highest BCUT2D eigenvalue weighted by Gasteiger charge is 2.10. The molecule has 0 radical (unpaired) electrons. The Kier molecular flexibility index (Phi) is 3.82. The van der Waals surface area contributed by atoms with Crippen molar-refractivity contribution in [2.45, 2.75) is 10.1 Å². The number of aromatic amines is 1. The van der Waals surface area contributed by atoms with Gasteiger partial charge in [0.15, 0.2) is 0 Å². The number of H-pyrrole nitrogens is 1. The molecule has 0 aliphatic carbocycles. The molecular formula is C9H5ClIN3OS. The lowest BCUT2D eigenvalue weighted by molar-refractivity contribution is 0.982. The van der Waals surface area contributed by atoms with Gasteiger partial charge in [-0.25, -0.2) is 9.97 Å². The summed E-state index contributed by atoms with van der Waals surface area (Å²) in [6.45, 7) is 0. The van der Waals surface area contributed by atoms with Crippen molar-refractivity contribution in [2.75, 3.05) is 0 Å².